The summed E-state index contributed by atoms with van der Waals surface area (Å²) in [5, 5.41) is 7.76. The van der Waals surface area contributed by atoms with E-state index < -0.39 is 0 Å². The largest absolute Gasteiger partial charge is 0.333 e. The molecule has 1 fully saturated rings. The number of benzene rings is 1. The zero-order valence-corrected chi connectivity index (χ0v) is 13.0. The van der Waals surface area contributed by atoms with Crippen molar-refractivity contribution in [1.82, 2.24) is 15.1 Å². The molecule has 0 spiro atoms. The molecule has 116 valence electrons. The van der Waals surface area contributed by atoms with Crippen LogP contribution < -0.4 is 5.73 Å². The molecule has 22 heavy (non-hydrogen) atoms. The smallest absolute Gasteiger partial charge is 0.272 e. The summed E-state index contributed by atoms with van der Waals surface area (Å²) in [6.07, 6.45) is 3.13. The lowest BCUT2D eigenvalue weighted by molar-refractivity contribution is 0.0617. The molecule has 1 amide bonds. The van der Waals surface area contributed by atoms with Gasteiger partial charge >= 0.3 is 0 Å². The number of likely N-dealkylation sites (tertiary alicyclic amines) is 1. The third-order valence-corrected chi connectivity index (χ3v) is 4.36. The van der Waals surface area contributed by atoms with Crippen molar-refractivity contribution in [3.63, 3.8) is 0 Å². The third-order valence-electron chi connectivity index (χ3n) is 4.11. The van der Waals surface area contributed by atoms with Crippen LogP contribution in [0, 0.1) is 0 Å². The van der Waals surface area contributed by atoms with E-state index in [0.29, 0.717) is 17.3 Å². The van der Waals surface area contributed by atoms with Gasteiger partial charge in [-0.2, -0.15) is 5.10 Å². The number of amides is 1. The van der Waals surface area contributed by atoms with Crippen LogP contribution in [-0.4, -0.2) is 40.1 Å². The Hall–Kier alpha value is -1.85. The number of hydrogen-bond acceptors (Lipinski definition) is 3. The number of H-pyrrole nitrogens is 1. The maximum Gasteiger partial charge on any atom is 0.272 e. The first-order chi connectivity index (χ1) is 10.7. The SMILES string of the molecule is NCC1CCCCN1C(=O)c1cc(-c2ccc(Cl)cc2)n[nH]1. The van der Waals surface area contributed by atoms with Crippen molar-refractivity contribution in [3.8, 4) is 11.3 Å². The zero-order chi connectivity index (χ0) is 15.5. The average molecular weight is 319 g/mol. The van der Waals surface area contributed by atoms with Gasteiger partial charge in [-0.3, -0.25) is 9.89 Å². The number of aromatic amines is 1. The Labute approximate surface area is 134 Å². The predicted molar refractivity (Wildman–Crippen MR) is 86.8 cm³/mol. The average Bonchev–Trinajstić information content (AvgIpc) is 3.05. The van der Waals surface area contributed by atoms with Crippen LogP contribution in [0.2, 0.25) is 5.02 Å². The molecule has 1 aliphatic heterocycles. The number of nitrogens with two attached hydrogens (primary N) is 1. The van der Waals surface area contributed by atoms with Gasteiger partial charge in [-0.05, 0) is 37.5 Å². The summed E-state index contributed by atoms with van der Waals surface area (Å²) in [7, 11) is 0. The highest BCUT2D eigenvalue weighted by Gasteiger charge is 2.27. The normalized spacial score (nSPS) is 18.5. The van der Waals surface area contributed by atoms with Crippen LogP contribution in [0.3, 0.4) is 0 Å². The molecular weight excluding hydrogens is 300 g/mol. The Balaban J connectivity index is 1.80. The minimum Gasteiger partial charge on any atom is -0.333 e. The first kappa shape index (κ1) is 15.1. The van der Waals surface area contributed by atoms with Crippen molar-refractivity contribution in [1.29, 1.82) is 0 Å². The van der Waals surface area contributed by atoms with Gasteiger partial charge in [0.05, 0.1) is 5.69 Å². The maximum absolute atomic E-state index is 12.6. The van der Waals surface area contributed by atoms with Gasteiger partial charge in [0.25, 0.3) is 5.91 Å². The second-order valence-electron chi connectivity index (χ2n) is 5.56. The highest BCUT2D eigenvalue weighted by molar-refractivity contribution is 6.30. The quantitative estimate of drug-likeness (QED) is 0.913. The fourth-order valence-corrected chi connectivity index (χ4v) is 2.99. The van der Waals surface area contributed by atoms with Crippen molar-refractivity contribution in [3.05, 3.63) is 41.0 Å². The Morgan fingerprint density at radius 1 is 1.36 bits per heavy atom. The monoisotopic (exact) mass is 318 g/mol. The van der Waals surface area contributed by atoms with Crippen LogP contribution in [0.5, 0.6) is 0 Å². The minimum atomic E-state index is -0.0251. The summed E-state index contributed by atoms with van der Waals surface area (Å²) in [5.74, 6) is -0.0251. The van der Waals surface area contributed by atoms with E-state index >= 15 is 0 Å². The summed E-state index contributed by atoms with van der Waals surface area (Å²) in [4.78, 5) is 14.5. The van der Waals surface area contributed by atoms with E-state index in [9.17, 15) is 4.79 Å². The molecule has 2 heterocycles. The number of halogens is 1. The lowest BCUT2D eigenvalue weighted by atomic mass is 10.0. The Morgan fingerprint density at radius 3 is 2.86 bits per heavy atom. The van der Waals surface area contributed by atoms with E-state index in [1.165, 1.54) is 0 Å². The molecule has 0 aliphatic carbocycles. The summed E-state index contributed by atoms with van der Waals surface area (Å²) in [6.45, 7) is 1.26. The second kappa shape index (κ2) is 6.50. The van der Waals surface area contributed by atoms with E-state index in [2.05, 4.69) is 10.2 Å². The molecule has 1 aromatic carbocycles. The minimum absolute atomic E-state index is 0.0251. The van der Waals surface area contributed by atoms with Crippen LogP contribution in [0.1, 0.15) is 29.8 Å². The first-order valence-electron chi connectivity index (χ1n) is 7.51. The molecule has 5 nitrogen and oxygen atoms in total. The van der Waals surface area contributed by atoms with E-state index in [4.69, 9.17) is 17.3 Å². The van der Waals surface area contributed by atoms with Crippen molar-refractivity contribution < 1.29 is 4.79 Å². The summed E-state index contributed by atoms with van der Waals surface area (Å²) in [6, 6.07) is 9.30. The molecule has 1 unspecified atom stereocenters. The van der Waals surface area contributed by atoms with Gasteiger partial charge in [-0.15, -0.1) is 0 Å². The van der Waals surface area contributed by atoms with Gasteiger partial charge in [0, 0.05) is 29.7 Å². The molecule has 1 aromatic heterocycles. The van der Waals surface area contributed by atoms with Gasteiger partial charge in [0.1, 0.15) is 5.69 Å². The predicted octanol–water partition coefficient (Wildman–Crippen LogP) is 2.68. The van der Waals surface area contributed by atoms with Crippen LogP contribution in [0.4, 0.5) is 0 Å². The number of hydrogen-bond donors (Lipinski definition) is 2. The maximum atomic E-state index is 12.6. The van der Waals surface area contributed by atoms with Gasteiger partial charge in [-0.25, -0.2) is 0 Å². The third kappa shape index (κ3) is 3.00. The Kier molecular flexibility index (Phi) is 4.45. The number of carbonyl (C=O) groups excluding carboxylic acids is 1. The molecule has 3 rings (SSSR count). The molecule has 0 saturated carbocycles. The van der Waals surface area contributed by atoms with Crippen molar-refractivity contribution in [2.24, 2.45) is 5.73 Å². The number of nitrogens with one attached hydrogen (secondary N) is 1. The molecule has 2 aromatic rings. The Bertz CT molecular complexity index is 652. The van der Waals surface area contributed by atoms with E-state index in [0.717, 1.165) is 37.1 Å². The molecule has 1 saturated heterocycles. The summed E-state index contributed by atoms with van der Waals surface area (Å²) < 4.78 is 0. The fraction of sp³-hybridized carbons (Fsp3) is 0.375. The Morgan fingerprint density at radius 2 is 2.14 bits per heavy atom. The number of piperidine rings is 1. The van der Waals surface area contributed by atoms with Gasteiger partial charge < -0.3 is 10.6 Å². The van der Waals surface area contributed by atoms with Crippen LogP contribution in [0.15, 0.2) is 30.3 Å². The first-order valence-corrected chi connectivity index (χ1v) is 7.89. The lowest BCUT2D eigenvalue weighted by Gasteiger charge is -2.34. The highest BCUT2D eigenvalue weighted by atomic mass is 35.5. The standard InChI is InChI=1S/C16H19ClN4O/c17-12-6-4-11(5-7-12)14-9-15(20-19-14)16(22)21-8-2-1-3-13(21)10-18/h4-7,9,13H,1-3,8,10,18H2,(H,19,20). The van der Waals surface area contributed by atoms with Gasteiger partial charge in [0.2, 0.25) is 0 Å². The lowest BCUT2D eigenvalue weighted by Crippen LogP contribution is -2.47. The van der Waals surface area contributed by atoms with Crippen LogP contribution in [-0.2, 0) is 0 Å². The summed E-state index contributed by atoms with van der Waals surface area (Å²) >= 11 is 5.89. The van der Waals surface area contributed by atoms with Crippen LogP contribution in [0.25, 0.3) is 11.3 Å². The fourth-order valence-electron chi connectivity index (χ4n) is 2.87. The molecule has 0 bridgehead atoms. The van der Waals surface area contributed by atoms with E-state index in [-0.39, 0.29) is 11.9 Å². The highest BCUT2D eigenvalue weighted by Crippen LogP contribution is 2.22. The molecular formula is C16H19ClN4O. The molecule has 6 heteroatoms. The molecule has 0 radical (unpaired) electrons. The van der Waals surface area contributed by atoms with Crippen molar-refractivity contribution in [2.45, 2.75) is 25.3 Å². The van der Waals surface area contributed by atoms with E-state index in [1.54, 1.807) is 6.07 Å². The number of nitrogens with zero attached hydrogens (tertiary/aromatic N) is 2. The topological polar surface area (TPSA) is 75.0 Å². The number of aromatic nitrogens is 2. The molecule has 1 aliphatic rings. The van der Waals surface area contributed by atoms with Crippen molar-refractivity contribution >= 4 is 17.5 Å². The number of rotatable bonds is 3. The second-order valence-corrected chi connectivity index (χ2v) is 5.99. The molecule has 1 atom stereocenters. The van der Waals surface area contributed by atoms with Gasteiger partial charge in [-0.1, -0.05) is 23.7 Å². The zero-order valence-electron chi connectivity index (χ0n) is 12.3. The van der Waals surface area contributed by atoms with Gasteiger partial charge in [0.15, 0.2) is 0 Å². The van der Waals surface area contributed by atoms with E-state index in [1.807, 2.05) is 29.2 Å². The number of carbonyl (C=O) groups is 1. The van der Waals surface area contributed by atoms with Crippen LogP contribution >= 0.6 is 11.6 Å². The summed E-state index contributed by atoms with van der Waals surface area (Å²) in [5.41, 5.74) is 7.95. The molecule has 3 N–H and O–H groups in total. The van der Waals surface area contributed by atoms with Crippen molar-refractivity contribution in [2.75, 3.05) is 13.1 Å².